The maximum atomic E-state index is 11.0. The van der Waals surface area contributed by atoms with Gasteiger partial charge in [-0.3, -0.25) is 9.63 Å². The fourth-order valence-corrected chi connectivity index (χ4v) is 0.872. The SMILES string of the molecule is C=CCC(=O)N1C[C@@H](O)CO1. The van der Waals surface area contributed by atoms with Gasteiger partial charge in [0.25, 0.3) is 0 Å². The molecule has 0 aromatic heterocycles. The first-order chi connectivity index (χ1) is 5.24. The van der Waals surface area contributed by atoms with Crippen LogP contribution in [0.2, 0.25) is 0 Å². The highest BCUT2D eigenvalue weighted by atomic mass is 16.7. The lowest BCUT2D eigenvalue weighted by Crippen LogP contribution is -2.27. The quantitative estimate of drug-likeness (QED) is 0.560. The number of β-amino-alcohol motifs (C(OH)–C–C–N with tert-alkyl or cyclic N) is 1. The van der Waals surface area contributed by atoms with Crippen LogP contribution in [0.15, 0.2) is 12.7 Å². The third-order valence-corrected chi connectivity index (χ3v) is 1.40. The minimum atomic E-state index is -0.538. The molecule has 1 aliphatic rings. The van der Waals surface area contributed by atoms with E-state index in [9.17, 15) is 4.79 Å². The van der Waals surface area contributed by atoms with Crippen molar-refractivity contribution in [2.24, 2.45) is 0 Å². The Labute approximate surface area is 65.0 Å². The van der Waals surface area contributed by atoms with Crippen molar-refractivity contribution in [3.63, 3.8) is 0 Å². The number of hydrogen-bond acceptors (Lipinski definition) is 3. The molecule has 1 aliphatic heterocycles. The number of aliphatic hydroxyl groups excluding tert-OH is 1. The van der Waals surface area contributed by atoms with Crippen LogP contribution in [0, 0.1) is 0 Å². The maximum Gasteiger partial charge on any atom is 0.249 e. The Bertz CT molecular complexity index is 169. The first-order valence-corrected chi connectivity index (χ1v) is 3.46. The van der Waals surface area contributed by atoms with Crippen molar-refractivity contribution in [2.45, 2.75) is 12.5 Å². The Kier molecular flexibility index (Phi) is 2.62. The summed E-state index contributed by atoms with van der Waals surface area (Å²) in [5.41, 5.74) is 0. The molecule has 4 nitrogen and oxygen atoms in total. The Morgan fingerprint density at radius 1 is 1.91 bits per heavy atom. The van der Waals surface area contributed by atoms with Crippen LogP contribution in [-0.4, -0.2) is 35.3 Å². The number of aliphatic hydroxyl groups is 1. The molecule has 11 heavy (non-hydrogen) atoms. The summed E-state index contributed by atoms with van der Waals surface area (Å²) >= 11 is 0. The first-order valence-electron chi connectivity index (χ1n) is 3.46. The van der Waals surface area contributed by atoms with E-state index in [0.717, 1.165) is 0 Å². The molecule has 0 aromatic rings. The largest absolute Gasteiger partial charge is 0.389 e. The topological polar surface area (TPSA) is 49.8 Å². The highest BCUT2D eigenvalue weighted by Crippen LogP contribution is 2.06. The predicted molar refractivity (Wildman–Crippen MR) is 38.5 cm³/mol. The van der Waals surface area contributed by atoms with Crippen LogP contribution >= 0.6 is 0 Å². The summed E-state index contributed by atoms with van der Waals surface area (Å²) in [5, 5.41) is 10.1. The molecule has 1 saturated heterocycles. The molecule has 1 amide bonds. The van der Waals surface area contributed by atoms with Gasteiger partial charge in [0.2, 0.25) is 5.91 Å². The lowest BCUT2D eigenvalue weighted by molar-refractivity contribution is -0.167. The maximum absolute atomic E-state index is 11.0. The standard InChI is InChI=1S/C7H11NO3/c1-2-3-7(10)8-4-6(9)5-11-8/h2,6,9H,1,3-5H2/t6-/m1/s1. The molecule has 1 N–H and O–H groups in total. The number of amides is 1. The van der Waals surface area contributed by atoms with Gasteiger partial charge in [0.05, 0.1) is 12.6 Å². The highest BCUT2D eigenvalue weighted by Gasteiger charge is 2.24. The van der Waals surface area contributed by atoms with E-state index in [1.807, 2.05) is 0 Å². The van der Waals surface area contributed by atoms with Crippen molar-refractivity contribution in [1.29, 1.82) is 0 Å². The molecule has 0 bridgehead atoms. The van der Waals surface area contributed by atoms with Gasteiger partial charge >= 0.3 is 0 Å². The average Bonchev–Trinajstić information content (AvgIpc) is 2.36. The van der Waals surface area contributed by atoms with E-state index >= 15 is 0 Å². The van der Waals surface area contributed by atoms with Crippen molar-refractivity contribution < 1.29 is 14.7 Å². The van der Waals surface area contributed by atoms with Crippen molar-refractivity contribution in [3.05, 3.63) is 12.7 Å². The minimum Gasteiger partial charge on any atom is -0.389 e. The molecule has 0 saturated carbocycles. The second-order valence-corrected chi connectivity index (χ2v) is 2.40. The monoisotopic (exact) mass is 157 g/mol. The summed E-state index contributed by atoms with van der Waals surface area (Å²) in [7, 11) is 0. The summed E-state index contributed by atoms with van der Waals surface area (Å²) in [6.07, 6.45) is 1.23. The molecule has 1 rings (SSSR count). The minimum absolute atomic E-state index is 0.156. The van der Waals surface area contributed by atoms with E-state index in [1.165, 1.54) is 11.1 Å². The molecule has 0 radical (unpaired) electrons. The average molecular weight is 157 g/mol. The first kappa shape index (κ1) is 8.23. The van der Waals surface area contributed by atoms with E-state index in [4.69, 9.17) is 9.94 Å². The molecule has 4 heteroatoms. The van der Waals surface area contributed by atoms with Crippen LogP contribution < -0.4 is 0 Å². The third kappa shape index (κ3) is 2.03. The van der Waals surface area contributed by atoms with Gasteiger partial charge in [-0.2, -0.15) is 0 Å². The Morgan fingerprint density at radius 2 is 2.64 bits per heavy atom. The van der Waals surface area contributed by atoms with Crippen LogP contribution in [0.25, 0.3) is 0 Å². The number of nitrogens with zero attached hydrogens (tertiary/aromatic N) is 1. The molecular formula is C7H11NO3. The van der Waals surface area contributed by atoms with Crippen LogP contribution in [0.3, 0.4) is 0 Å². The fraction of sp³-hybridized carbons (Fsp3) is 0.571. The fourth-order valence-electron chi connectivity index (χ4n) is 0.872. The smallest absolute Gasteiger partial charge is 0.249 e. The number of carbonyl (C=O) groups excluding carboxylic acids is 1. The summed E-state index contributed by atoms with van der Waals surface area (Å²) in [6.45, 7) is 3.91. The van der Waals surface area contributed by atoms with E-state index in [0.29, 0.717) is 0 Å². The molecule has 0 spiro atoms. The molecule has 62 valence electrons. The van der Waals surface area contributed by atoms with Gasteiger partial charge in [-0.05, 0) is 0 Å². The normalized spacial score (nSPS) is 23.7. The summed E-state index contributed by atoms with van der Waals surface area (Å²) in [6, 6.07) is 0. The van der Waals surface area contributed by atoms with E-state index in [-0.39, 0.29) is 25.5 Å². The second-order valence-electron chi connectivity index (χ2n) is 2.40. The number of hydroxylamine groups is 2. The molecule has 0 unspecified atom stereocenters. The lowest BCUT2D eigenvalue weighted by Gasteiger charge is -2.11. The predicted octanol–water partition coefficient (Wildman–Crippen LogP) is -0.303. The lowest BCUT2D eigenvalue weighted by atomic mass is 10.3. The molecule has 0 aromatic carbocycles. The third-order valence-electron chi connectivity index (χ3n) is 1.40. The summed E-state index contributed by atoms with van der Waals surface area (Å²) < 4.78 is 0. The van der Waals surface area contributed by atoms with Crippen molar-refractivity contribution in [1.82, 2.24) is 5.06 Å². The van der Waals surface area contributed by atoms with Crippen molar-refractivity contribution in [2.75, 3.05) is 13.2 Å². The molecule has 0 aliphatic carbocycles. The van der Waals surface area contributed by atoms with Gasteiger partial charge in [0.1, 0.15) is 6.61 Å². The van der Waals surface area contributed by atoms with Crippen LogP contribution in [0.4, 0.5) is 0 Å². The zero-order valence-corrected chi connectivity index (χ0v) is 6.19. The molecule has 1 atom stereocenters. The Hall–Kier alpha value is -0.870. The van der Waals surface area contributed by atoms with Gasteiger partial charge in [-0.25, -0.2) is 5.06 Å². The highest BCUT2D eigenvalue weighted by molar-refractivity contribution is 5.76. The molecular weight excluding hydrogens is 146 g/mol. The van der Waals surface area contributed by atoms with Gasteiger partial charge in [-0.1, -0.05) is 6.08 Å². The van der Waals surface area contributed by atoms with Gasteiger partial charge in [0, 0.05) is 6.42 Å². The molecule has 1 heterocycles. The number of rotatable bonds is 2. The van der Waals surface area contributed by atoms with E-state index in [1.54, 1.807) is 0 Å². The van der Waals surface area contributed by atoms with Crippen LogP contribution in [0.1, 0.15) is 6.42 Å². The zero-order chi connectivity index (χ0) is 8.27. The Balaban J connectivity index is 2.36. The van der Waals surface area contributed by atoms with Gasteiger partial charge in [-0.15, -0.1) is 6.58 Å². The number of carbonyl (C=O) groups is 1. The molecule has 1 fully saturated rings. The summed E-state index contributed by atoms with van der Waals surface area (Å²) in [4.78, 5) is 15.9. The van der Waals surface area contributed by atoms with E-state index in [2.05, 4.69) is 6.58 Å². The van der Waals surface area contributed by atoms with Crippen LogP contribution in [-0.2, 0) is 9.63 Å². The number of hydrogen-bond donors (Lipinski definition) is 1. The van der Waals surface area contributed by atoms with Gasteiger partial charge < -0.3 is 5.11 Å². The second kappa shape index (κ2) is 3.50. The Morgan fingerprint density at radius 3 is 3.09 bits per heavy atom. The van der Waals surface area contributed by atoms with Gasteiger partial charge in [0.15, 0.2) is 0 Å². The zero-order valence-electron chi connectivity index (χ0n) is 6.19. The summed E-state index contributed by atoms with van der Waals surface area (Å²) in [5.74, 6) is -0.156. The van der Waals surface area contributed by atoms with Crippen molar-refractivity contribution in [3.8, 4) is 0 Å². The van der Waals surface area contributed by atoms with Crippen molar-refractivity contribution >= 4 is 5.91 Å². The van der Waals surface area contributed by atoms with Crippen LogP contribution in [0.5, 0.6) is 0 Å². The van der Waals surface area contributed by atoms with E-state index < -0.39 is 6.10 Å².